The smallest absolute Gasteiger partial charge is 0.336 e. The van der Waals surface area contributed by atoms with E-state index in [2.05, 4.69) is 5.16 Å². The number of benzene rings is 2. The van der Waals surface area contributed by atoms with Gasteiger partial charge in [0.25, 0.3) is 0 Å². The molecule has 3 rings (SSSR count). The van der Waals surface area contributed by atoms with E-state index in [1.165, 1.54) is 12.3 Å². The molecule has 1 heterocycles. The number of carboxylic acids is 1. The van der Waals surface area contributed by atoms with Gasteiger partial charge >= 0.3 is 5.97 Å². The molecular weight excluding hydrogens is 282 g/mol. The van der Waals surface area contributed by atoms with Gasteiger partial charge in [-0.2, -0.15) is 0 Å². The first-order valence-electron chi connectivity index (χ1n) is 6.65. The fraction of sp³-hybridized carbons (Fsp3) is 0.0588. The number of phenolic OH excluding ortho intramolecular Hbond substituents is 1. The Morgan fingerprint density at radius 1 is 1.09 bits per heavy atom. The maximum Gasteiger partial charge on any atom is 0.336 e. The summed E-state index contributed by atoms with van der Waals surface area (Å²) in [6.07, 6.45) is 1.46. The van der Waals surface area contributed by atoms with Crippen molar-refractivity contribution in [3.05, 3.63) is 59.8 Å². The zero-order valence-electron chi connectivity index (χ0n) is 11.8. The molecule has 0 aliphatic rings. The van der Waals surface area contributed by atoms with Gasteiger partial charge in [0.1, 0.15) is 5.75 Å². The summed E-state index contributed by atoms with van der Waals surface area (Å²) in [4.78, 5) is 11.4. The number of hydrogen-bond acceptors (Lipinski definition) is 4. The molecule has 0 aliphatic heterocycles. The predicted molar refractivity (Wildman–Crippen MR) is 80.7 cm³/mol. The Morgan fingerprint density at radius 2 is 1.86 bits per heavy atom. The Hall–Kier alpha value is -3.08. The van der Waals surface area contributed by atoms with E-state index < -0.39 is 5.97 Å². The van der Waals surface area contributed by atoms with Crippen LogP contribution in [0.15, 0.2) is 53.2 Å². The molecule has 5 heteroatoms. The van der Waals surface area contributed by atoms with E-state index in [9.17, 15) is 15.0 Å². The van der Waals surface area contributed by atoms with E-state index in [0.717, 1.165) is 5.56 Å². The zero-order chi connectivity index (χ0) is 15.7. The number of carboxylic acid groups (broad SMARTS) is 1. The minimum absolute atomic E-state index is 0.0522. The molecule has 2 N–H and O–H groups in total. The maximum atomic E-state index is 11.4. The molecule has 0 spiro atoms. The number of aromatic hydroxyl groups is 1. The molecule has 1 aromatic heterocycles. The van der Waals surface area contributed by atoms with Crippen LogP contribution in [0.4, 0.5) is 0 Å². The van der Waals surface area contributed by atoms with Gasteiger partial charge in [0.2, 0.25) is 0 Å². The molecule has 0 saturated carbocycles. The highest BCUT2D eigenvalue weighted by molar-refractivity contribution is 5.98. The molecule has 0 radical (unpaired) electrons. The molecule has 0 bridgehead atoms. The highest BCUT2D eigenvalue weighted by Crippen LogP contribution is 2.38. The second kappa shape index (κ2) is 5.37. The minimum Gasteiger partial charge on any atom is -0.507 e. The van der Waals surface area contributed by atoms with E-state index in [1.807, 2.05) is 6.92 Å². The number of aryl methyl sites for hydroxylation is 1. The fourth-order valence-electron chi connectivity index (χ4n) is 2.36. The van der Waals surface area contributed by atoms with E-state index in [1.54, 1.807) is 36.4 Å². The van der Waals surface area contributed by atoms with Gasteiger partial charge in [0, 0.05) is 5.56 Å². The molecule has 0 atom stereocenters. The molecule has 22 heavy (non-hydrogen) atoms. The van der Waals surface area contributed by atoms with Crippen molar-refractivity contribution >= 4 is 5.97 Å². The normalized spacial score (nSPS) is 10.6. The van der Waals surface area contributed by atoms with Crippen LogP contribution in [-0.2, 0) is 0 Å². The topological polar surface area (TPSA) is 83.6 Å². The van der Waals surface area contributed by atoms with Gasteiger partial charge in [-0.15, -0.1) is 0 Å². The van der Waals surface area contributed by atoms with Gasteiger partial charge < -0.3 is 14.7 Å². The molecular formula is C17H13NO4. The number of carbonyl (C=O) groups is 1. The summed E-state index contributed by atoms with van der Waals surface area (Å²) in [5, 5.41) is 23.1. The summed E-state index contributed by atoms with van der Waals surface area (Å²) in [6, 6.07) is 11.7. The number of hydrogen-bond donors (Lipinski definition) is 2. The van der Waals surface area contributed by atoms with Gasteiger partial charge in [-0.25, -0.2) is 4.79 Å². The number of phenols is 1. The van der Waals surface area contributed by atoms with Crippen molar-refractivity contribution in [3.8, 4) is 28.2 Å². The lowest BCUT2D eigenvalue weighted by molar-refractivity contribution is 0.0697. The van der Waals surface area contributed by atoms with Gasteiger partial charge in [-0.1, -0.05) is 35.0 Å². The lowest BCUT2D eigenvalue weighted by atomic mass is 9.97. The van der Waals surface area contributed by atoms with Crippen LogP contribution in [-0.4, -0.2) is 21.3 Å². The molecule has 0 unspecified atom stereocenters. The quantitative estimate of drug-likeness (QED) is 0.769. The Labute approximate surface area is 126 Å². The van der Waals surface area contributed by atoms with Gasteiger partial charge in [0.15, 0.2) is 5.76 Å². The second-order valence-electron chi connectivity index (χ2n) is 4.94. The number of aromatic carboxylic acids is 1. The number of nitrogens with zero attached hydrogens (tertiary/aromatic N) is 1. The Bertz CT molecular complexity index is 851. The molecule has 3 aromatic rings. The SMILES string of the molecule is Cc1ccc(O)c(-c2oncc2-c2ccccc2C(=O)O)c1. The first kappa shape index (κ1) is 13.9. The van der Waals surface area contributed by atoms with Gasteiger partial charge in [-0.3, -0.25) is 0 Å². The first-order chi connectivity index (χ1) is 10.6. The van der Waals surface area contributed by atoms with Crippen LogP contribution in [0.25, 0.3) is 22.5 Å². The van der Waals surface area contributed by atoms with Crippen LogP contribution >= 0.6 is 0 Å². The molecule has 0 saturated heterocycles. The summed E-state index contributed by atoms with van der Waals surface area (Å²) in [5.74, 6) is -0.637. The molecule has 0 fully saturated rings. The van der Waals surface area contributed by atoms with Crippen LogP contribution in [0.2, 0.25) is 0 Å². The van der Waals surface area contributed by atoms with Crippen molar-refractivity contribution in [3.63, 3.8) is 0 Å². The van der Waals surface area contributed by atoms with Crippen LogP contribution in [0.3, 0.4) is 0 Å². The average molecular weight is 295 g/mol. The summed E-state index contributed by atoms with van der Waals surface area (Å²) in [5.41, 5.74) is 2.60. The van der Waals surface area contributed by atoms with E-state index in [-0.39, 0.29) is 11.3 Å². The van der Waals surface area contributed by atoms with Crippen LogP contribution in [0.5, 0.6) is 5.75 Å². The van der Waals surface area contributed by atoms with Crippen molar-refractivity contribution in [1.29, 1.82) is 0 Å². The highest BCUT2D eigenvalue weighted by atomic mass is 16.5. The standard InChI is InChI=1S/C17H13NO4/c1-10-6-7-15(19)13(8-10)16-14(9-18-22-16)11-4-2-3-5-12(11)17(20)21/h2-9,19H,1H3,(H,20,21). The second-order valence-corrected chi connectivity index (χ2v) is 4.94. The van der Waals surface area contributed by atoms with Crippen LogP contribution in [0, 0.1) is 6.92 Å². The third-order valence-corrected chi connectivity index (χ3v) is 3.41. The predicted octanol–water partition coefficient (Wildman–Crippen LogP) is 3.72. The van der Waals surface area contributed by atoms with Crippen LogP contribution < -0.4 is 0 Å². The Balaban J connectivity index is 2.23. The molecule has 5 nitrogen and oxygen atoms in total. The monoisotopic (exact) mass is 295 g/mol. The number of aromatic nitrogens is 1. The van der Waals surface area contributed by atoms with E-state index in [0.29, 0.717) is 22.5 Å². The minimum atomic E-state index is -1.03. The summed E-state index contributed by atoms with van der Waals surface area (Å²) in [7, 11) is 0. The average Bonchev–Trinajstić information content (AvgIpc) is 2.98. The largest absolute Gasteiger partial charge is 0.507 e. The summed E-state index contributed by atoms with van der Waals surface area (Å²) < 4.78 is 5.27. The van der Waals surface area contributed by atoms with E-state index in [4.69, 9.17) is 4.52 Å². The molecule has 0 aliphatic carbocycles. The lowest BCUT2D eigenvalue weighted by Gasteiger charge is -2.07. The third-order valence-electron chi connectivity index (χ3n) is 3.41. The zero-order valence-corrected chi connectivity index (χ0v) is 11.8. The number of rotatable bonds is 3. The maximum absolute atomic E-state index is 11.4. The van der Waals surface area contributed by atoms with Crippen LogP contribution in [0.1, 0.15) is 15.9 Å². The lowest BCUT2D eigenvalue weighted by Crippen LogP contribution is -1.99. The van der Waals surface area contributed by atoms with Crippen molar-refractivity contribution in [2.45, 2.75) is 6.92 Å². The van der Waals surface area contributed by atoms with Crippen molar-refractivity contribution in [1.82, 2.24) is 5.16 Å². The Kier molecular flexibility index (Phi) is 3.39. The van der Waals surface area contributed by atoms with Gasteiger partial charge in [-0.05, 0) is 25.1 Å². The molecule has 0 amide bonds. The highest BCUT2D eigenvalue weighted by Gasteiger charge is 2.20. The third kappa shape index (κ3) is 2.33. The molecule has 2 aromatic carbocycles. The van der Waals surface area contributed by atoms with Crippen molar-refractivity contribution in [2.24, 2.45) is 0 Å². The van der Waals surface area contributed by atoms with Crippen molar-refractivity contribution < 1.29 is 19.5 Å². The molecule has 110 valence electrons. The van der Waals surface area contributed by atoms with E-state index >= 15 is 0 Å². The Morgan fingerprint density at radius 3 is 2.64 bits per heavy atom. The summed E-state index contributed by atoms with van der Waals surface area (Å²) in [6.45, 7) is 1.89. The summed E-state index contributed by atoms with van der Waals surface area (Å²) >= 11 is 0. The first-order valence-corrected chi connectivity index (χ1v) is 6.65. The fourth-order valence-corrected chi connectivity index (χ4v) is 2.36. The van der Waals surface area contributed by atoms with Gasteiger partial charge in [0.05, 0.1) is 22.9 Å². The van der Waals surface area contributed by atoms with Crippen molar-refractivity contribution in [2.75, 3.05) is 0 Å².